The topological polar surface area (TPSA) is 88.1 Å². The number of rotatable bonds is 8. The Morgan fingerprint density at radius 3 is 2.36 bits per heavy atom. The predicted molar refractivity (Wildman–Crippen MR) is 107 cm³/mol. The van der Waals surface area contributed by atoms with Crippen molar-refractivity contribution in [3.05, 3.63) is 54.1 Å². The van der Waals surface area contributed by atoms with Crippen molar-refractivity contribution in [3.8, 4) is 5.75 Å². The summed E-state index contributed by atoms with van der Waals surface area (Å²) >= 11 is 0. The molecule has 1 aliphatic heterocycles. The van der Waals surface area contributed by atoms with Gasteiger partial charge in [-0.3, -0.25) is 0 Å². The van der Waals surface area contributed by atoms with Crippen molar-refractivity contribution in [2.45, 2.75) is 17.9 Å². The number of anilines is 1. The molecule has 2 aromatic rings. The van der Waals surface area contributed by atoms with Gasteiger partial charge in [0.2, 0.25) is 10.0 Å². The van der Waals surface area contributed by atoms with Gasteiger partial charge in [0.05, 0.1) is 30.8 Å². The van der Waals surface area contributed by atoms with Crippen LogP contribution in [0.5, 0.6) is 5.75 Å². The number of morpholine rings is 1. The number of ether oxygens (including phenoxy) is 2. The SMILES string of the molecule is CCOc1ccc(S(=O)(=O)NCC(O)c2ccc(N3CCOCC3)cc2)cc1. The molecule has 8 heteroatoms. The molecule has 1 heterocycles. The van der Waals surface area contributed by atoms with Gasteiger partial charge < -0.3 is 19.5 Å². The number of aliphatic hydroxyl groups is 1. The molecule has 1 unspecified atom stereocenters. The molecule has 2 aromatic carbocycles. The van der Waals surface area contributed by atoms with E-state index in [1.807, 2.05) is 31.2 Å². The van der Waals surface area contributed by atoms with Crippen LogP contribution in [-0.2, 0) is 14.8 Å². The zero-order chi connectivity index (χ0) is 20.0. The number of nitrogens with one attached hydrogen (secondary N) is 1. The van der Waals surface area contributed by atoms with Gasteiger partial charge >= 0.3 is 0 Å². The fourth-order valence-electron chi connectivity index (χ4n) is 3.00. The highest BCUT2D eigenvalue weighted by atomic mass is 32.2. The second-order valence-electron chi connectivity index (χ2n) is 6.46. The highest BCUT2D eigenvalue weighted by Crippen LogP contribution is 2.21. The molecule has 0 bridgehead atoms. The second kappa shape index (κ2) is 9.38. The lowest BCUT2D eigenvalue weighted by atomic mass is 10.1. The van der Waals surface area contributed by atoms with Crippen LogP contribution in [0.25, 0.3) is 0 Å². The third-order valence-corrected chi connectivity index (χ3v) is 6.01. The maximum Gasteiger partial charge on any atom is 0.240 e. The first-order chi connectivity index (χ1) is 13.5. The van der Waals surface area contributed by atoms with Crippen LogP contribution in [0.15, 0.2) is 53.4 Å². The smallest absolute Gasteiger partial charge is 0.240 e. The number of nitrogens with zero attached hydrogens (tertiary/aromatic N) is 1. The van der Waals surface area contributed by atoms with Crippen LogP contribution in [0.2, 0.25) is 0 Å². The molecule has 3 rings (SSSR count). The maximum absolute atomic E-state index is 12.4. The van der Waals surface area contributed by atoms with Crippen molar-refractivity contribution >= 4 is 15.7 Å². The van der Waals surface area contributed by atoms with Crippen LogP contribution in [0.1, 0.15) is 18.6 Å². The predicted octanol–water partition coefficient (Wildman–Crippen LogP) is 1.93. The molecule has 0 saturated carbocycles. The van der Waals surface area contributed by atoms with Gasteiger partial charge in [0.15, 0.2) is 0 Å². The average Bonchev–Trinajstić information content (AvgIpc) is 2.73. The van der Waals surface area contributed by atoms with E-state index in [0.717, 1.165) is 18.8 Å². The van der Waals surface area contributed by atoms with Crippen molar-refractivity contribution in [3.63, 3.8) is 0 Å². The van der Waals surface area contributed by atoms with Gasteiger partial charge in [-0.05, 0) is 48.9 Å². The summed E-state index contributed by atoms with van der Waals surface area (Å²) in [6.07, 6.45) is -0.934. The normalized spacial score (nSPS) is 16.0. The largest absolute Gasteiger partial charge is 0.494 e. The van der Waals surface area contributed by atoms with Gasteiger partial charge in [-0.15, -0.1) is 0 Å². The zero-order valence-electron chi connectivity index (χ0n) is 15.9. The first-order valence-corrected chi connectivity index (χ1v) is 10.8. The molecule has 0 amide bonds. The fourth-order valence-corrected chi connectivity index (χ4v) is 4.04. The molecule has 0 radical (unpaired) electrons. The second-order valence-corrected chi connectivity index (χ2v) is 8.23. The molecule has 0 aromatic heterocycles. The first-order valence-electron chi connectivity index (χ1n) is 9.33. The van der Waals surface area contributed by atoms with E-state index < -0.39 is 16.1 Å². The van der Waals surface area contributed by atoms with E-state index in [4.69, 9.17) is 9.47 Å². The Labute approximate surface area is 165 Å². The third kappa shape index (κ3) is 5.23. The molecule has 1 aliphatic rings. The Bertz CT molecular complexity index is 847. The minimum Gasteiger partial charge on any atom is -0.494 e. The van der Waals surface area contributed by atoms with Crippen molar-refractivity contribution in [1.29, 1.82) is 0 Å². The van der Waals surface area contributed by atoms with E-state index in [0.29, 0.717) is 31.1 Å². The first kappa shape index (κ1) is 20.6. The lowest BCUT2D eigenvalue weighted by Crippen LogP contribution is -2.36. The zero-order valence-corrected chi connectivity index (χ0v) is 16.7. The van der Waals surface area contributed by atoms with Crippen molar-refractivity contribution < 1.29 is 23.0 Å². The van der Waals surface area contributed by atoms with E-state index in [-0.39, 0.29) is 11.4 Å². The average molecular weight is 407 g/mol. The van der Waals surface area contributed by atoms with Gasteiger partial charge in [0, 0.05) is 25.3 Å². The lowest BCUT2D eigenvalue weighted by Gasteiger charge is -2.29. The Balaban J connectivity index is 1.58. The summed E-state index contributed by atoms with van der Waals surface area (Å²) in [7, 11) is -3.71. The highest BCUT2D eigenvalue weighted by molar-refractivity contribution is 7.89. The minimum atomic E-state index is -3.71. The van der Waals surface area contributed by atoms with Gasteiger partial charge in [0.1, 0.15) is 5.75 Å². The van der Waals surface area contributed by atoms with Crippen LogP contribution in [0.4, 0.5) is 5.69 Å². The molecule has 1 saturated heterocycles. The molecular formula is C20H26N2O5S. The molecule has 0 aliphatic carbocycles. The van der Waals surface area contributed by atoms with Crippen LogP contribution in [0.3, 0.4) is 0 Å². The Kier molecular flexibility index (Phi) is 6.90. The standard InChI is InChI=1S/C20H26N2O5S/c1-2-27-18-7-9-19(10-8-18)28(24,25)21-15-20(23)16-3-5-17(6-4-16)22-11-13-26-14-12-22/h3-10,20-21,23H,2,11-15H2,1H3. The van der Waals surface area contributed by atoms with Gasteiger partial charge in [-0.2, -0.15) is 0 Å². The maximum atomic E-state index is 12.4. The van der Waals surface area contributed by atoms with Crippen LogP contribution in [-0.4, -0.2) is 53.0 Å². The number of sulfonamides is 1. The van der Waals surface area contributed by atoms with Gasteiger partial charge in [-0.1, -0.05) is 12.1 Å². The van der Waals surface area contributed by atoms with Crippen molar-refractivity contribution in [2.24, 2.45) is 0 Å². The summed E-state index contributed by atoms with van der Waals surface area (Å²) in [6.45, 7) is 5.36. The monoisotopic (exact) mass is 406 g/mol. The number of aliphatic hydroxyl groups excluding tert-OH is 1. The molecule has 0 spiro atoms. The summed E-state index contributed by atoms with van der Waals surface area (Å²) in [6, 6.07) is 13.7. The van der Waals surface area contributed by atoms with Crippen LogP contribution in [0, 0.1) is 0 Å². The lowest BCUT2D eigenvalue weighted by molar-refractivity contribution is 0.122. The summed E-state index contributed by atoms with van der Waals surface area (Å²) in [5.41, 5.74) is 1.72. The Morgan fingerprint density at radius 1 is 1.11 bits per heavy atom. The Morgan fingerprint density at radius 2 is 1.75 bits per heavy atom. The van der Waals surface area contributed by atoms with Crippen molar-refractivity contribution in [2.75, 3.05) is 44.4 Å². The molecule has 7 nitrogen and oxygen atoms in total. The van der Waals surface area contributed by atoms with E-state index >= 15 is 0 Å². The molecule has 28 heavy (non-hydrogen) atoms. The van der Waals surface area contributed by atoms with E-state index in [1.54, 1.807) is 12.1 Å². The summed E-state index contributed by atoms with van der Waals surface area (Å²) in [5.74, 6) is 0.613. The molecule has 1 fully saturated rings. The Hall–Kier alpha value is -2.13. The van der Waals surface area contributed by atoms with Gasteiger partial charge in [0.25, 0.3) is 0 Å². The van der Waals surface area contributed by atoms with E-state index in [1.165, 1.54) is 12.1 Å². The fraction of sp³-hybridized carbons (Fsp3) is 0.400. The highest BCUT2D eigenvalue weighted by Gasteiger charge is 2.17. The van der Waals surface area contributed by atoms with Gasteiger partial charge in [-0.25, -0.2) is 13.1 Å². The number of benzene rings is 2. The van der Waals surface area contributed by atoms with Crippen LogP contribution >= 0.6 is 0 Å². The van der Waals surface area contributed by atoms with Crippen molar-refractivity contribution in [1.82, 2.24) is 4.72 Å². The van der Waals surface area contributed by atoms with Crippen LogP contribution < -0.4 is 14.4 Å². The number of hydrogen-bond acceptors (Lipinski definition) is 6. The molecule has 1 atom stereocenters. The molecule has 2 N–H and O–H groups in total. The van der Waals surface area contributed by atoms with E-state index in [2.05, 4.69) is 9.62 Å². The van der Waals surface area contributed by atoms with E-state index in [9.17, 15) is 13.5 Å². The summed E-state index contributed by atoms with van der Waals surface area (Å²) in [4.78, 5) is 2.35. The summed E-state index contributed by atoms with van der Waals surface area (Å²) in [5, 5.41) is 10.4. The number of hydrogen-bond donors (Lipinski definition) is 2. The minimum absolute atomic E-state index is 0.105. The third-order valence-electron chi connectivity index (χ3n) is 4.57. The quantitative estimate of drug-likeness (QED) is 0.697. The molecule has 152 valence electrons. The summed E-state index contributed by atoms with van der Waals surface area (Å²) < 4.78 is 38.0. The molecular weight excluding hydrogens is 380 g/mol.